The molecule has 1 aliphatic rings. The zero-order valence-electron chi connectivity index (χ0n) is 18.8. The van der Waals surface area contributed by atoms with E-state index < -0.39 is 11.8 Å². The largest absolute Gasteiger partial charge is 0.352 e. The Morgan fingerprint density at radius 2 is 1.79 bits per heavy atom. The van der Waals surface area contributed by atoms with Gasteiger partial charge in [0.05, 0.1) is 5.02 Å². The van der Waals surface area contributed by atoms with Crippen LogP contribution in [0.4, 0.5) is 4.39 Å². The molecule has 6 nitrogen and oxygen atoms in total. The standard InChI is InChI=1S/C26H23ClFN3O3/c1-14-6-18(26-30-12-19(27)13-31-26)7-15(2)23(14)24-21(32)9-17(25(24)34)10-22(33)29-11-16-4-3-5-20(28)8-16/h3-8,12-13,17,24H,9-11H2,1-2H3,(H,29,33). The average molecular weight is 480 g/mol. The van der Waals surface area contributed by atoms with Gasteiger partial charge in [-0.25, -0.2) is 14.4 Å². The van der Waals surface area contributed by atoms with Crippen molar-refractivity contribution in [3.8, 4) is 11.4 Å². The van der Waals surface area contributed by atoms with Crippen molar-refractivity contribution >= 4 is 29.1 Å². The van der Waals surface area contributed by atoms with Gasteiger partial charge in [-0.1, -0.05) is 23.7 Å². The summed E-state index contributed by atoms with van der Waals surface area (Å²) in [4.78, 5) is 46.9. The third-order valence-corrected chi connectivity index (χ3v) is 6.22. The molecule has 174 valence electrons. The molecule has 2 atom stereocenters. The molecule has 1 N–H and O–H groups in total. The van der Waals surface area contributed by atoms with E-state index in [1.807, 2.05) is 26.0 Å². The highest BCUT2D eigenvalue weighted by molar-refractivity contribution is 6.30. The van der Waals surface area contributed by atoms with Crippen molar-refractivity contribution in [2.45, 2.75) is 39.2 Å². The van der Waals surface area contributed by atoms with Gasteiger partial charge < -0.3 is 5.32 Å². The van der Waals surface area contributed by atoms with Crippen LogP contribution in [0.2, 0.25) is 5.02 Å². The van der Waals surface area contributed by atoms with Gasteiger partial charge in [0.25, 0.3) is 0 Å². The topological polar surface area (TPSA) is 89.0 Å². The molecule has 1 aliphatic carbocycles. The van der Waals surface area contributed by atoms with Crippen LogP contribution in [0.25, 0.3) is 11.4 Å². The number of hydrogen-bond acceptors (Lipinski definition) is 5. The number of hydrogen-bond donors (Lipinski definition) is 1. The van der Waals surface area contributed by atoms with Gasteiger partial charge in [0, 0.05) is 43.3 Å². The van der Waals surface area contributed by atoms with Crippen LogP contribution >= 0.6 is 11.6 Å². The fourth-order valence-corrected chi connectivity index (χ4v) is 4.59. The van der Waals surface area contributed by atoms with Crippen molar-refractivity contribution in [1.82, 2.24) is 15.3 Å². The van der Waals surface area contributed by atoms with E-state index in [9.17, 15) is 18.8 Å². The van der Waals surface area contributed by atoms with Crippen molar-refractivity contribution in [2.24, 2.45) is 5.92 Å². The number of nitrogens with zero attached hydrogens (tertiary/aromatic N) is 2. The zero-order chi connectivity index (χ0) is 24.4. The first kappa shape index (κ1) is 23.7. The van der Waals surface area contributed by atoms with Gasteiger partial charge in [-0.05, 0) is 60.4 Å². The van der Waals surface area contributed by atoms with E-state index in [-0.39, 0.29) is 42.7 Å². The average Bonchev–Trinajstić information content (AvgIpc) is 3.05. The van der Waals surface area contributed by atoms with E-state index in [1.165, 1.54) is 24.5 Å². The third-order valence-electron chi connectivity index (χ3n) is 6.03. The molecule has 0 bridgehead atoms. The maximum atomic E-state index is 13.3. The van der Waals surface area contributed by atoms with Gasteiger partial charge in [-0.15, -0.1) is 0 Å². The Morgan fingerprint density at radius 1 is 1.12 bits per heavy atom. The lowest BCUT2D eigenvalue weighted by molar-refractivity contribution is -0.128. The van der Waals surface area contributed by atoms with Crippen molar-refractivity contribution in [2.75, 3.05) is 0 Å². The molecule has 0 saturated heterocycles. The molecule has 1 saturated carbocycles. The van der Waals surface area contributed by atoms with Crippen molar-refractivity contribution in [3.05, 3.63) is 81.9 Å². The third kappa shape index (κ3) is 5.04. The quantitative estimate of drug-likeness (QED) is 0.526. The fraction of sp³-hybridized carbons (Fsp3) is 0.269. The molecule has 3 aromatic rings. The molecule has 0 spiro atoms. The summed E-state index contributed by atoms with van der Waals surface area (Å²) >= 11 is 5.87. The Labute approximate surface area is 201 Å². The minimum Gasteiger partial charge on any atom is -0.352 e. The molecule has 0 aliphatic heterocycles. The summed E-state index contributed by atoms with van der Waals surface area (Å²) in [6, 6.07) is 9.64. The molecule has 1 heterocycles. The molecule has 1 fully saturated rings. The van der Waals surface area contributed by atoms with Crippen LogP contribution in [0.1, 0.15) is 41.0 Å². The normalized spacial score (nSPS) is 17.8. The van der Waals surface area contributed by atoms with E-state index in [2.05, 4.69) is 15.3 Å². The number of carbonyl (C=O) groups is 3. The van der Waals surface area contributed by atoms with Crippen LogP contribution in [0.5, 0.6) is 0 Å². The van der Waals surface area contributed by atoms with E-state index >= 15 is 0 Å². The summed E-state index contributed by atoms with van der Waals surface area (Å²) < 4.78 is 13.3. The first-order chi connectivity index (χ1) is 16.2. The molecule has 2 unspecified atom stereocenters. The second kappa shape index (κ2) is 9.81. The number of carbonyl (C=O) groups excluding carboxylic acids is 3. The zero-order valence-corrected chi connectivity index (χ0v) is 19.5. The Hall–Kier alpha value is -3.45. The van der Waals surface area contributed by atoms with Gasteiger partial charge in [-0.3, -0.25) is 14.4 Å². The molecule has 2 aromatic carbocycles. The molecule has 1 aromatic heterocycles. The van der Waals surface area contributed by atoms with Crippen LogP contribution in [-0.2, 0) is 20.9 Å². The summed E-state index contributed by atoms with van der Waals surface area (Å²) in [7, 11) is 0. The lowest BCUT2D eigenvalue weighted by Gasteiger charge is -2.17. The van der Waals surface area contributed by atoms with E-state index in [1.54, 1.807) is 12.1 Å². The van der Waals surface area contributed by atoms with E-state index in [0.29, 0.717) is 22.0 Å². The highest BCUT2D eigenvalue weighted by Gasteiger charge is 2.43. The maximum absolute atomic E-state index is 13.3. The Balaban J connectivity index is 1.48. The molecule has 4 rings (SSSR count). The van der Waals surface area contributed by atoms with Gasteiger partial charge in [0.1, 0.15) is 17.5 Å². The van der Waals surface area contributed by atoms with Crippen molar-refractivity contribution < 1.29 is 18.8 Å². The maximum Gasteiger partial charge on any atom is 0.221 e. The smallest absolute Gasteiger partial charge is 0.221 e. The van der Waals surface area contributed by atoms with Gasteiger partial charge in [0.15, 0.2) is 11.6 Å². The second-order valence-electron chi connectivity index (χ2n) is 8.56. The van der Waals surface area contributed by atoms with Crippen LogP contribution in [0, 0.1) is 25.6 Å². The van der Waals surface area contributed by atoms with Crippen LogP contribution in [-0.4, -0.2) is 27.4 Å². The van der Waals surface area contributed by atoms with Crippen LogP contribution < -0.4 is 5.32 Å². The predicted octanol–water partition coefficient (Wildman–Crippen LogP) is 4.50. The number of halogens is 2. The van der Waals surface area contributed by atoms with Gasteiger partial charge in [-0.2, -0.15) is 0 Å². The summed E-state index contributed by atoms with van der Waals surface area (Å²) in [6.07, 6.45) is 2.97. The minimum atomic E-state index is -0.888. The Bertz CT molecular complexity index is 1250. The number of aryl methyl sites for hydroxylation is 2. The Morgan fingerprint density at radius 3 is 2.44 bits per heavy atom. The summed E-state index contributed by atoms with van der Waals surface area (Å²) in [5.74, 6) is -2.23. The fourth-order valence-electron chi connectivity index (χ4n) is 4.50. The summed E-state index contributed by atoms with van der Waals surface area (Å²) in [5, 5.41) is 3.14. The molecule has 34 heavy (non-hydrogen) atoms. The van der Waals surface area contributed by atoms with E-state index in [4.69, 9.17) is 11.6 Å². The number of Topliss-reactive ketones (excluding diaryl/α,β-unsaturated/α-hetero) is 2. The summed E-state index contributed by atoms with van der Waals surface area (Å²) in [6.45, 7) is 3.85. The molecule has 8 heteroatoms. The lowest BCUT2D eigenvalue weighted by Crippen LogP contribution is -2.27. The number of nitrogens with one attached hydrogen (secondary N) is 1. The first-order valence-corrected chi connectivity index (χ1v) is 11.3. The molecule has 1 amide bonds. The van der Waals surface area contributed by atoms with Crippen molar-refractivity contribution in [1.29, 1.82) is 0 Å². The van der Waals surface area contributed by atoms with Gasteiger partial charge >= 0.3 is 0 Å². The SMILES string of the molecule is Cc1cc(-c2ncc(Cl)cn2)cc(C)c1C1C(=O)CC(CC(=O)NCc2cccc(F)c2)C1=O. The van der Waals surface area contributed by atoms with Gasteiger partial charge in [0.2, 0.25) is 5.91 Å². The molecule has 0 radical (unpaired) electrons. The monoisotopic (exact) mass is 479 g/mol. The van der Waals surface area contributed by atoms with Crippen LogP contribution in [0.15, 0.2) is 48.8 Å². The number of amides is 1. The van der Waals surface area contributed by atoms with E-state index in [0.717, 1.165) is 16.7 Å². The highest BCUT2D eigenvalue weighted by Crippen LogP contribution is 2.38. The minimum absolute atomic E-state index is 0.0256. The second-order valence-corrected chi connectivity index (χ2v) is 9.00. The first-order valence-electron chi connectivity index (χ1n) is 10.9. The summed E-state index contributed by atoms with van der Waals surface area (Å²) in [5.41, 5.74) is 3.64. The number of rotatable bonds is 6. The van der Waals surface area contributed by atoms with Crippen molar-refractivity contribution in [3.63, 3.8) is 0 Å². The number of ketones is 2. The van der Waals surface area contributed by atoms with Crippen LogP contribution in [0.3, 0.4) is 0 Å². The predicted molar refractivity (Wildman–Crippen MR) is 126 cm³/mol. The number of aromatic nitrogens is 2. The number of benzene rings is 2. The molecular weight excluding hydrogens is 457 g/mol. The highest BCUT2D eigenvalue weighted by atomic mass is 35.5. The lowest BCUT2D eigenvalue weighted by atomic mass is 9.86. The Kier molecular flexibility index (Phi) is 6.84. The molecular formula is C26H23ClFN3O3.